The second-order valence-corrected chi connectivity index (χ2v) is 6.23. The second kappa shape index (κ2) is 7.50. The number of hydrogen-bond donors (Lipinski definition) is 1. The molecular formula is C15H22BrFN2O. The van der Waals surface area contributed by atoms with Gasteiger partial charge in [-0.2, -0.15) is 0 Å². The van der Waals surface area contributed by atoms with E-state index < -0.39 is 0 Å². The van der Waals surface area contributed by atoms with Crippen molar-refractivity contribution in [3.63, 3.8) is 0 Å². The molecule has 0 amide bonds. The van der Waals surface area contributed by atoms with Gasteiger partial charge in [0.1, 0.15) is 5.82 Å². The van der Waals surface area contributed by atoms with Crippen LogP contribution in [0.5, 0.6) is 0 Å². The van der Waals surface area contributed by atoms with E-state index in [0.29, 0.717) is 12.5 Å². The van der Waals surface area contributed by atoms with E-state index in [1.165, 1.54) is 12.5 Å². The van der Waals surface area contributed by atoms with Gasteiger partial charge in [-0.3, -0.25) is 4.90 Å². The first-order valence-electron chi connectivity index (χ1n) is 7.03. The lowest BCUT2D eigenvalue weighted by molar-refractivity contribution is 0.0694. The molecule has 0 spiro atoms. The van der Waals surface area contributed by atoms with Crippen LogP contribution in [0.2, 0.25) is 0 Å². The quantitative estimate of drug-likeness (QED) is 0.892. The fraction of sp³-hybridized carbons (Fsp3) is 0.600. The van der Waals surface area contributed by atoms with E-state index >= 15 is 0 Å². The molecule has 3 nitrogen and oxygen atoms in total. The van der Waals surface area contributed by atoms with Gasteiger partial charge in [-0.25, -0.2) is 4.39 Å². The van der Waals surface area contributed by atoms with Crippen molar-refractivity contribution in [3.05, 3.63) is 34.1 Å². The SMILES string of the molecule is COCC1CCCN(C(CN)c2cc(F)ccc2Br)C1. The number of halogens is 2. The van der Waals surface area contributed by atoms with Crippen LogP contribution in [0.4, 0.5) is 4.39 Å². The minimum Gasteiger partial charge on any atom is -0.384 e. The third-order valence-corrected chi connectivity index (χ3v) is 4.66. The molecule has 1 aromatic rings. The van der Waals surface area contributed by atoms with Crippen LogP contribution in [-0.4, -0.2) is 38.3 Å². The van der Waals surface area contributed by atoms with Gasteiger partial charge in [-0.05, 0) is 49.1 Å². The number of ether oxygens (including phenoxy) is 1. The lowest BCUT2D eigenvalue weighted by Crippen LogP contribution is -2.42. The van der Waals surface area contributed by atoms with E-state index in [1.54, 1.807) is 19.2 Å². The van der Waals surface area contributed by atoms with Crippen molar-refractivity contribution in [1.29, 1.82) is 0 Å². The molecule has 0 aromatic heterocycles. The number of hydrogen-bond acceptors (Lipinski definition) is 3. The first-order valence-corrected chi connectivity index (χ1v) is 7.83. The Balaban J connectivity index is 2.16. The van der Waals surface area contributed by atoms with Crippen LogP contribution in [-0.2, 0) is 4.74 Å². The minimum absolute atomic E-state index is 0.0553. The molecule has 0 bridgehead atoms. The van der Waals surface area contributed by atoms with Gasteiger partial charge in [-0.15, -0.1) is 0 Å². The molecule has 0 radical (unpaired) electrons. The molecule has 0 aliphatic carbocycles. The van der Waals surface area contributed by atoms with E-state index in [9.17, 15) is 4.39 Å². The number of rotatable bonds is 5. The topological polar surface area (TPSA) is 38.5 Å². The number of piperidine rings is 1. The molecule has 0 saturated carbocycles. The lowest BCUT2D eigenvalue weighted by Gasteiger charge is -2.38. The third-order valence-electron chi connectivity index (χ3n) is 3.93. The highest BCUT2D eigenvalue weighted by molar-refractivity contribution is 9.10. The molecule has 2 unspecified atom stereocenters. The summed E-state index contributed by atoms with van der Waals surface area (Å²) in [5.41, 5.74) is 6.89. The van der Waals surface area contributed by atoms with Crippen LogP contribution in [0, 0.1) is 11.7 Å². The molecule has 20 heavy (non-hydrogen) atoms. The molecule has 1 aliphatic rings. The highest BCUT2D eigenvalue weighted by atomic mass is 79.9. The van der Waals surface area contributed by atoms with Gasteiger partial charge in [-0.1, -0.05) is 15.9 Å². The number of nitrogens with two attached hydrogens (primary N) is 1. The molecule has 1 aromatic carbocycles. The van der Waals surface area contributed by atoms with Gasteiger partial charge < -0.3 is 10.5 Å². The van der Waals surface area contributed by atoms with Crippen molar-refractivity contribution < 1.29 is 9.13 Å². The molecular weight excluding hydrogens is 323 g/mol. The molecule has 2 atom stereocenters. The predicted molar refractivity (Wildman–Crippen MR) is 82.1 cm³/mol. The van der Waals surface area contributed by atoms with Gasteiger partial charge in [0.05, 0.1) is 6.61 Å². The summed E-state index contributed by atoms with van der Waals surface area (Å²) < 4.78 is 19.7. The number of likely N-dealkylation sites (tertiary alicyclic amines) is 1. The number of benzene rings is 1. The molecule has 1 saturated heterocycles. The second-order valence-electron chi connectivity index (χ2n) is 5.38. The van der Waals surface area contributed by atoms with Crippen LogP contribution < -0.4 is 5.73 Å². The van der Waals surface area contributed by atoms with Gasteiger partial charge in [0.25, 0.3) is 0 Å². The van der Waals surface area contributed by atoms with E-state index in [0.717, 1.165) is 36.2 Å². The maximum Gasteiger partial charge on any atom is 0.123 e. The predicted octanol–water partition coefficient (Wildman–Crippen LogP) is 2.95. The summed E-state index contributed by atoms with van der Waals surface area (Å²) in [7, 11) is 1.74. The number of nitrogens with zero attached hydrogens (tertiary/aromatic N) is 1. The third kappa shape index (κ3) is 3.79. The van der Waals surface area contributed by atoms with E-state index in [2.05, 4.69) is 20.8 Å². The summed E-state index contributed by atoms with van der Waals surface area (Å²) in [6.07, 6.45) is 2.32. The summed E-state index contributed by atoms with van der Waals surface area (Å²) in [6.45, 7) is 3.23. The number of methoxy groups -OCH3 is 1. The largest absolute Gasteiger partial charge is 0.384 e. The van der Waals surface area contributed by atoms with Crippen molar-refractivity contribution in [3.8, 4) is 0 Å². The summed E-state index contributed by atoms with van der Waals surface area (Å²) in [5, 5.41) is 0. The molecule has 5 heteroatoms. The lowest BCUT2D eigenvalue weighted by atomic mass is 9.95. The maximum absolute atomic E-state index is 13.5. The van der Waals surface area contributed by atoms with Crippen LogP contribution in [0.1, 0.15) is 24.4 Å². The van der Waals surface area contributed by atoms with Crippen molar-refractivity contribution in [2.75, 3.05) is 33.4 Å². The monoisotopic (exact) mass is 344 g/mol. The Morgan fingerprint density at radius 3 is 3.05 bits per heavy atom. The van der Waals surface area contributed by atoms with Crippen LogP contribution in [0.3, 0.4) is 0 Å². The Morgan fingerprint density at radius 1 is 1.55 bits per heavy atom. The molecule has 2 rings (SSSR count). The van der Waals surface area contributed by atoms with Gasteiger partial charge >= 0.3 is 0 Å². The van der Waals surface area contributed by atoms with E-state index in [1.807, 2.05) is 0 Å². The summed E-state index contributed by atoms with van der Waals surface area (Å²) >= 11 is 3.51. The first-order chi connectivity index (χ1) is 9.65. The average molecular weight is 345 g/mol. The van der Waals surface area contributed by atoms with E-state index in [-0.39, 0.29) is 11.9 Å². The van der Waals surface area contributed by atoms with Crippen molar-refractivity contribution in [1.82, 2.24) is 4.90 Å². The van der Waals surface area contributed by atoms with E-state index in [4.69, 9.17) is 10.5 Å². The summed E-state index contributed by atoms with van der Waals surface area (Å²) in [5.74, 6) is 0.322. The Labute approximate surface area is 128 Å². The zero-order valence-corrected chi connectivity index (χ0v) is 13.4. The first kappa shape index (κ1) is 15.9. The fourth-order valence-corrected chi connectivity index (χ4v) is 3.51. The highest BCUT2D eigenvalue weighted by Crippen LogP contribution is 2.31. The minimum atomic E-state index is -0.216. The zero-order chi connectivity index (χ0) is 14.5. The Hall–Kier alpha value is -0.490. The Bertz CT molecular complexity index is 442. The molecule has 2 N–H and O–H groups in total. The van der Waals surface area contributed by atoms with Crippen molar-refractivity contribution in [2.24, 2.45) is 11.7 Å². The van der Waals surface area contributed by atoms with Gasteiger partial charge in [0.2, 0.25) is 0 Å². The van der Waals surface area contributed by atoms with Crippen molar-refractivity contribution in [2.45, 2.75) is 18.9 Å². The molecule has 1 fully saturated rings. The molecule has 112 valence electrons. The fourth-order valence-electron chi connectivity index (χ4n) is 2.99. The summed E-state index contributed by atoms with van der Waals surface area (Å²) in [6, 6.07) is 4.86. The molecule has 1 aliphatic heterocycles. The average Bonchev–Trinajstić information content (AvgIpc) is 2.44. The highest BCUT2D eigenvalue weighted by Gasteiger charge is 2.27. The van der Waals surface area contributed by atoms with Crippen LogP contribution in [0.25, 0.3) is 0 Å². The Morgan fingerprint density at radius 2 is 2.35 bits per heavy atom. The maximum atomic E-state index is 13.5. The normalized spacial score (nSPS) is 21.9. The van der Waals surface area contributed by atoms with Gasteiger partial charge in [0.15, 0.2) is 0 Å². The van der Waals surface area contributed by atoms with Crippen LogP contribution >= 0.6 is 15.9 Å². The zero-order valence-electron chi connectivity index (χ0n) is 11.8. The Kier molecular flexibility index (Phi) is 5.96. The van der Waals surface area contributed by atoms with Crippen molar-refractivity contribution >= 4 is 15.9 Å². The standard InChI is InChI=1S/C15H22BrFN2O/c1-20-10-11-3-2-6-19(9-11)15(8-18)13-7-12(17)4-5-14(13)16/h4-5,7,11,15H,2-3,6,8-10,18H2,1H3. The van der Waals surface area contributed by atoms with Crippen LogP contribution in [0.15, 0.2) is 22.7 Å². The summed E-state index contributed by atoms with van der Waals surface area (Å²) in [4.78, 5) is 2.35. The smallest absolute Gasteiger partial charge is 0.123 e. The van der Waals surface area contributed by atoms with Gasteiger partial charge in [0, 0.05) is 30.7 Å². The molecule has 1 heterocycles.